The monoisotopic (exact) mass is 226 g/mol. The summed E-state index contributed by atoms with van der Waals surface area (Å²) in [6.45, 7) is 8.29. The van der Waals surface area contributed by atoms with Gasteiger partial charge in [0.2, 0.25) is 0 Å². The van der Waals surface area contributed by atoms with Crippen LogP contribution >= 0.6 is 0 Å². The Hall–Kier alpha value is -0.0800. The van der Waals surface area contributed by atoms with Gasteiger partial charge in [-0.3, -0.25) is 0 Å². The van der Waals surface area contributed by atoms with Gasteiger partial charge in [0.1, 0.15) is 0 Å². The first-order valence-corrected chi connectivity index (χ1v) is 6.68. The van der Waals surface area contributed by atoms with Crippen LogP contribution in [0.25, 0.3) is 0 Å². The van der Waals surface area contributed by atoms with Crippen molar-refractivity contribution in [3.63, 3.8) is 0 Å². The van der Waals surface area contributed by atoms with E-state index in [4.69, 9.17) is 4.74 Å². The Bertz CT molecular complexity index is 230. The van der Waals surface area contributed by atoms with Crippen molar-refractivity contribution in [3.8, 4) is 0 Å². The topological polar surface area (TPSA) is 32.8 Å². The lowest BCUT2D eigenvalue weighted by Crippen LogP contribution is -2.36. The van der Waals surface area contributed by atoms with Crippen molar-refractivity contribution in [2.45, 2.75) is 59.0 Å². The molecule has 2 fully saturated rings. The number of aliphatic hydroxyl groups is 1. The van der Waals surface area contributed by atoms with Gasteiger partial charge < -0.3 is 9.84 Å². The standard InChI is InChI=1S/C14H26O2/c1-13(2,3)11-4-6-14(10-15,7-5-11)8-12-9-16-12/h11-12,15H,4-10H2,1-3H3. The first-order chi connectivity index (χ1) is 7.45. The van der Waals surface area contributed by atoms with E-state index in [1.807, 2.05) is 0 Å². The highest BCUT2D eigenvalue weighted by Crippen LogP contribution is 2.48. The van der Waals surface area contributed by atoms with Crippen LogP contribution in [-0.2, 0) is 4.74 Å². The SMILES string of the molecule is CC(C)(C)C1CCC(CO)(CC2CO2)CC1. The Morgan fingerprint density at radius 3 is 2.19 bits per heavy atom. The summed E-state index contributed by atoms with van der Waals surface area (Å²) < 4.78 is 5.32. The van der Waals surface area contributed by atoms with E-state index in [9.17, 15) is 5.11 Å². The molecule has 1 aliphatic carbocycles. The number of aliphatic hydroxyl groups excluding tert-OH is 1. The lowest BCUT2D eigenvalue weighted by atomic mass is 9.63. The molecule has 94 valence electrons. The van der Waals surface area contributed by atoms with Crippen molar-refractivity contribution in [2.24, 2.45) is 16.7 Å². The number of hydrogen-bond acceptors (Lipinski definition) is 2. The third kappa shape index (κ3) is 2.78. The van der Waals surface area contributed by atoms with Crippen molar-refractivity contribution < 1.29 is 9.84 Å². The average molecular weight is 226 g/mol. The molecule has 0 spiro atoms. The molecular weight excluding hydrogens is 200 g/mol. The van der Waals surface area contributed by atoms with Gasteiger partial charge in [-0.05, 0) is 48.9 Å². The lowest BCUT2D eigenvalue weighted by Gasteiger charge is -2.43. The van der Waals surface area contributed by atoms with E-state index in [0.29, 0.717) is 18.1 Å². The third-order valence-electron chi connectivity index (χ3n) is 4.67. The molecule has 1 saturated carbocycles. The van der Waals surface area contributed by atoms with E-state index >= 15 is 0 Å². The lowest BCUT2D eigenvalue weighted by molar-refractivity contribution is 0.0250. The summed E-state index contributed by atoms with van der Waals surface area (Å²) in [6.07, 6.45) is 6.46. The van der Waals surface area contributed by atoms with Gasteiger partial charge in [0.05, 0.1) is 12.7 Å². The fraction of sp³-hybridized carbons (Fsp3) is 1.00. The molecule has 1 unspecified atom stereocenters. The fourth-order valence-electron chi connectivity index (χ4n) is 3.19. The van der Waals surface area contributed by atoms with Gasteiger partial charge >= 0.3 is 0 Å². The molecule has 2 aliphatic rings. The molecule has 1 saturated heterocycles. The van der Waals surface area contributed by atoms with E-state index in [1.165, 1.54) is 25.7 Å². The second-order valence-electron chi connectivity index (χ2n) is 6.96. The Morgan fingerprint density at radius 1 is 1.25 bits per heavy atom. The van der Waals surface area contributed by atoms with Gasteiger partial charge in [0, 0.05) is 6.61 Å². The van der Waals surface area contributed by atoms with Crippen molar-refractivity contribution >= 4 is 0 Å². The van der Waals surface area contributed by atoms with Crippen LogP contribution in [0.2, 0.25) is 0 Å². The molecule has 1 N–H and O–H groups in total. The molecule has 0 aromatic carbocycles. The number of rotatable bonds is 3. The van der Waals surface area contributed by atoms with E-state index < -0.39 is 0 Å². The van der Waals surface area contributed by atoms with Gasteiger partial charge in [0.25, 0.3) is 0 Å². The highest BCUT2D eigenvalue weighted by molar-refractivity contribution is 4.92. The van der Waals surface area contributed by atoms with Crippen molar-refractivity contribution in [2.75, 3.05) is 13.2 Å². The average Bonchev–Trinajstić information content (AvgIpc) is 3.01. The van der Waals surface area contributed by atoms with Crippen LogP contribution in [-0.4, -0.2) is 24.4 Å². The zero-order valence-electron chi connectivity index (χ0n) is 11.0. The molecule has 1 heterocycles. The van der Waals surface area contributed by atoms with Crippen LogP contribution in [0.15, 0.2) is 0 Å². The molecule has 2 nitrogen and oxygen atoms in total. The largest absolute Gasteiger partial charge is 0.396 e. The zero-order chi connectivity index (χ0) is 11.8. The smallest absolute Gasteiger partial charge is 0.0816 e. The van der Waals surface area contributed by atoms with Gasteiger partial charge in [-0.25, -0.2) is 0 Å². The molecule has 2 rings (SSSR count). The maximum absolute atomic E-state index is 9.65. The van der Waals surface area contributed by atoms with E-state index in [0.717, 1.165) is 18.9 Å². The second kappa shape index (κ2) is 4.30. The van der Waals surface area contributed by atoms with Crippen LogP contribution in [0.3, 0.4) is 0 Å². The summed E-state index contributed by atoms with van der Waals surface area (Å²) in [4.78, 5) is 0. The molecular formula is C14H26O2. The molecule has 1 atom stereocenters. The van der Waals surface area contributed by atoms with E-state index in [2.05, 4.69) is 20.8 Å². The second-order valence-corrected chi connectivity index (χ2v) is 6.96. The third-order valence-corrected chi connectivity index (χ3v) is 4.67. The molecule has 0 bridgehead atoms. The zero-order valence-corrected chi connectivity index (χ0v) is 11.0. The molecule has 0 radical (unpaired) electrons. The number of ether oxygens (including phenoxy) is 1. The van der Waals surface area contributed by atoms with Gasteiger partial charge in [-0.15, -0.1) is 0 Å². The predicted molar refractivity (Wildman–Crippen MR) is 65.3 cm³/mol. The van der Waals surface area contributed by atoms with Crippen LogP contribution in [0.5, 0.6) is 0 Å². The maximum atomic E-state index is 9.65. The minimum atomic E-state index is 0.183. The molecule has 2 heteroatoms. The number of hydrogen-bond donors (Lipinski definition) is 1. The molecule has 1 aliphatic heterocycles. The van der Waals surface area contributed by atoms with Crippen LogP contribution in [0, 0.1) is 16.7 Å². The summed E-state index contributed by atoms with van der Waals surface area (Å²) in [5, 5.41) is 9.65. The summed E-state index contributed by atoms with van der Waals surface area (Å²) in [5.41, 5.74) is 0.612. The molecule has 0 aromatic heterocycles. The minimum Gasteiger partial charge on any atom is -0.396 e. The molecule has 0 aromatic rings. The molecule has 0 amide bonds. The van der Waals surface area contributed by atoms with Crippen molar-refractivity contribution in [1.82, 2.24) is 0 Å². The quantitative estimate of drug-likeness (QED) is 0.750. The first kappa shape index (κ1) is 12.4. The summed E-state index contributed by atoms with van der Waals surface area (Å²) >= 11 is 0. The highest BCUT2D eigenvalue weighted by Gasteiger charge is 2.42. The van der Waals surface area contributed by atoms with Crippen molar-refractivity contribution in [1.29, 1.82) is 0 Å². The number of epoxide rings is 1. The van der Waals surface area contributed by atoms with E-state index in [-0.39, 0.29) is 5.41 Å². The van der Waals surface area contributed by atoms with Crippen LogP contribution < -0.4 is 0 Å². The van der Waals surface area contributed by atoms with Gasteiger partial charge in [0.15, 0.2) is 0 Å². The van der Waals surface area contributed by atoms with E-state index in [1.54, 1.807) is 0 Å². The fourth-order valence-corrected chi connectivity index (χ4v) is 3.19. The van der Waals surface area contributed by atoms with Crippen molar-refractivity contribution in [3.05, 3.63) is 0 Å². The summed E-state index contributed by atoms with van der Waals surface area (Å²) in [6, 6.07) is 0. The Kier molecular flexibility index (Phi) is 3.33. The summed E-state index contributed by atoms with van der Waals surface area (Å²) in [7, 11) is 0. The maximum Gasteiger partial charge on any atom is 0.0816 e. The normalized spacial score (nSPS) is 39.8. The molecule has 16 heavy (non-hydrogen) atoms. The first-order valence-electron chi connectivity index (χ1n) is 6.68. The van der Waals surface area contributed by atoms with Gasteiger partial charge in [-0.1, -0.05) is 20.8 Å². The minimum absolute atomic E-state index is 0.183. The van der Waals surface area contributed by atoms with Gasteiger partial charge in [-0.2, -0.15) is 0 Å². The summed E-state index contributed by atoms with van der Waals surface area (Å²) in [5.74, 6) is 0.826. The highest BCUT2D eigenvalue weighted by atomic mass is 16.6. The van der Waals surface area contributed by atoms with Crippen LogP contribution in [0.4, 0.5) is 0 Å². The Labute approximate surface area is 99.4 Å². The Balaban J connectivity index is 1.90. The predicted octanol–water partition coefficient (Wildman–Crippen LogP) is 2.99. The Morgan fingerprint density at radius 2 is 1.81 bits per heavy atom. The van der Waals surface area contributed by atoms with Crippen LogP contribution in [0.1, 0.15) is 52.9 Å².